The van der Waals surface area contributed by atoms with Crippen molar-refractivity contribution in [2.75, 3.05) is 6.61 Å². The molecule has 0 unspecified atom stereocenters. The number of rotatable bonds is 5. The molecule has 4 aromatic rings. The lowest BCUT2D eigenvalue weighted by molar-refractivity contribution is 0.0701. The molecule has 27 heavy (non-hydrogen) atoms. The van der Waals surface area contributed by atoms with Crippen molar-refractivity contribution >= 4 is 38.3 Å². The maximum absolute atomic E-state index is 12.7. The summed E-state index contributed by atoms with van der Waals surface area (Å²) in [6, 6.07) is 13.8. The number of carboxylic acid groups (broad SMARTS) is 1. The normalized spacial score (nSPS) is 11.1. The summed E-state index contributed by atoms with van der Waals surface area (Å²) in [5.74, 6) is -0.282. The molecule has 0 aliphatic rings. The third kappa shape index (κ3) is 3.06. The Morgan fingerprint density at radius 2 is 2.00 bits per heavy atom. The second kappa shape index (κ2) is 6.85. The van der Waals surface area contributed by atoms with Crippen LogP contribution in [-0.2, 0) is 6.54 Å². The molecule has 136 valence electrons. The number of ether oxygens (including phenoxy) is 1. The molecule has 0 aliphatic heterocycles. The van der Waals surface area contributed by atoms with E-state index < -0.39 is 5.97 Å². The highest BCUT2D eigenvalue weighted by Crippen LogP contribution is 2.27. The lowest BCUT2D eigenvalue weighted by Gasteiger charge is -2.10. The Balaban J connectivity index is 1.59. The van der Waals surface area contributed by atoms with Gasteiger partial charge in [0.1, 0.15) is 22.1 Å². The molecule has 0 amide bonds. The first kappa shape index (κ1) is 17.2. The molecule has 0 radical (unpaired) electrons. The van der Waals surface area contributed by atoms with Gasteiger partial charge in [0.05, 0.1) is 18.3 Å². The number of aryl methyl sites for hydroxylation is 1. The summed E-state index contributed by atoms with van der Waals surface area (Å²) >= 11 is 1.02. The Hall–Kier alpha value is -3.19. The van der Waals surface area contributed by atoms with Crippen LogP contribution >= 0.6 is 11.3 Å². The monoisotopic (exact) mass is 380 g/mol. The maximum Gasteiger partial charge on any atom is 0.346 e. The first-order chi connectivity index (χ1) is 13.1. The highest BCUT2D eigenvalue weighted by atomic mass is 32.1. The number of nitrogens with zero attached hydrogens (tertiary/aromatic N) is 2. The van der Waals surface area contributed by atoms with Gasteiger partial charge in [-0.2, -0.15) is 0 Å². The summed E-state index contributed by atoms with van der Waals surface area (Å²) in [4.78, 5) is 28.8. The van der Waals surface area contributed by atoms with Crippen LogP contribution in [0.5, 0.6) is 5.75 Å². The Bertz CT molecular complexity index is 1220. The van der Waals surface area contributed by atoms with Gasteiger partial charge in [-0.15, -0.1) is 11.3 Å². The summed E-state index contributed by atoms with van der Waals surface area (Å²) in [6.07, 6.45) is 1.44. The minimum Gasteiger partial charge on any atom is -0.491 e. The van der Waals surface area contributed by atoms with Gasteiger partial charge in [-0.05, 0) is 23.9 Å². The van der Waals surface area contributed by atoms with Gasteiger partial charge in [0, 0.05) is 5.39 Å². The fourth-order valence-corrected chi connectivity index (χ4v) is 4.08. The van der Waals surface area contributed by atoms with Crippen LogP contribution in [0.2, 0.25) is 0 Å². The molecule has 0 spiro atoms. The third-order valence-corrected chi connectivity index (χ3v) is 5.64. The number of hydrogen-bond acceptors (Lipinski definition) is 5. The van der Waals surface area contributed by atoms with E-state index in [1.165, 1.54) is 10.9 Å². The van der Waals surface area contributed by atoms with E-state index in [4.69, 9.17) is 4.74 Å². The van der Waals surface area contributed by atoms with E-state index >= 15 is 0 Å². The first-order valence-corrected chi connectivity index (χ1v) is 9.20. The lowest BCUT2D eigenvalue weighted by Crippen LogP contribution is -2.23. The predicted molar refractivity (Wildman–Crippen MR) is 105 cm³/mol. The van der Waals surface area contributed by atoms with Crippen LogP contribution in [-0.4, -0.2) is 27.2 Å². The van der Waals surface area contributed by atoms with Gasteiger partial charge < -0.3 is 9.84 Å². The van der Waals surface area contributed by atoms with Crippen molar-refractivity contribution in [3.05, 3.63) is 69.6 Å². The number of carboxylic acids is 1. The zero-order valence-corrected chi connectivity index (χ0v) is 15.3. The predicted octanol–water partition coefficient (Wildman–Crippen LogP) is 3.70. The zero-order valence-electron chi connectivity index (χ0n) is 14.5. The van der Waals surface area contributed by atoms with E-state index in [0.29, 0.717) is 28.9 Å². The van der Waals surface area contributed by atoms with E-state index in [1.54, 1.807) is 6.92 Å². The molecule has 2 aromatic carbocycles. The molecule has 7 heteroatoms. The summed E-state index contributed by atoms with van der Waals surface area (Å²) < 4.78 is 7.34. The van der Waals surface area contributed by atoms with Crippen molar-refractivity contribution in [3.8, 4) is 5.75 Å². The third-order valence-electron chi connectivity index (χ3n) is 4.45. The molecule has 4 rings (SSSR count). The van der Waals surface area contributed by atoms with Crippen molar-refractivity contribution in [2.24, 2.45) is 0 Å². The number of aromatic nitrogens is 2. The van der Waals surface area contributed by atoms with Crippen molar-refractivity contribution in [1.29, 1.82) is 0 Å². The van der Waals surface area contributed by atoms with Gasteiger partial charge in [0.25, 0.3) is 5.56 Å². The number of thiophene rings is 1. The molecular weight excluding hydrogens is 364 g/mol. The molecule has 0 saturated carbocycles. The van der Waals surface area contributed by atoms with Crippen LogP contribution < -0.4 is 10.3 Å². The molecule has 2 aromatic heterocycles. The van der Waals surface area contributed by atoms with E-state index in [-0.39, 0.29) is 10.4 Å². The molecule has 0 aliphatic carbocycles. The van der Waals surface area contributed by atoms with Gasteiger partial charge in [-0.3, -0.25) is 9.36 Å². The number of benzene rings is 2. The van der Waals surface area contributed by atoms with Crippen LogP contribution in [0.4, 0.5) is 0 Å². The lowest BCUT2D eigenvalue weighted by atomic mass is 10.1. The second-order valence-corrected chi connectivity index (χ2v) is 7.11. The van der Waals surface area contributed by atoms with Crippen LogP contribution in [0, 0.1) is 6.92 Å². The Morgan fingerprint density at radius 3 is 2.81 bits per heavy atom. The molecular formula is C20H16N2O4S. The number of hydrogen-bond donors (Lipinski definition) is 1. The quantitative estimate of drug-likeness (QED) is 0.571. The minimum absolute atomic E-state index is 0.152. The molecule has 0 bridgehead atoms. The molecule has 0 saturated heterocycles. The molecule has 6 nitrogen and oxygen atoms in total. The number of fused-ring (bicyclic) bond motifs is 2. The van der Waals surface area contributed by atoms with Crippen molar-refractivity contribution < 1.29 is 14.6 Å². The van der Waals surface area contributed by atoms with Crippen molar-refractivity contribution in [3.63, 3.8) is 0 Å². The number of aromatic carboxylic acids is 1. The minimum atomic E-state index is -1.04. The van der Waals surface area contributed by atoms with E-state index in [0.717, 1.165) is 27.9 Å². The van der Waals surface area contributed by atoms with Gasteiger partial charge >= 0.3 is 5.97 Å². The van der Waals surface area contributed by atoms with Gasteiger partial charge in [-0.1, -0.05) is 36.4 Å². The smallest absolute Gasteiger partial charge is 0.346 e. The molecule has 2 heterocycles. The standard InChI is InChI=1S/C20H16N2O4S/c1-12-16-18(27-17(12)20(24)25)21-11-22(19(16)23)9-10-26-15-8-4-6-13-5-2-3-7-14(13)15/h2-8,11H,9-10H2,1H3,(H,24,25). The number of carbonyl (C=O) groups is 1. The van der Waals surface area contributed by atoms with Crippen molar-refractivity contribution in [2.45, 2.75) is 13.5 Å². The van der Waals surface area contributed by atoms with E-state index in [2.05, 4.69) is 4.98 Å². The fourth-order valence-electron chi connectivity index (χ4n) is 3.10. The zero-order chi connectivity index (χ0) is 19.0. The Kier molecular flexibility index (Phi) is 4.37. The summed E-state index contributed by atoms with van der Waals surface area (Å²) in [7, 11) is 0. The summed E-state index contributed by atoms with van der Waals surface area (Å²) in [6.45, 7) is 2.26. The fraction of sp³-hybridized carbons (Fsp3) is 0.150. The Labute approximate surface area is 158 Å². The van der Waals surface area contributed by atoms with Gasteiger partial charge in [-0.25, -0.2) is 9.78 Å². The SMILES string of the molecule is Cc1c(C(=O)O)sc2ncn(CCOc3cccc4ccccc34)c(=O)c12. The molecule has 0 fully saturated rings. The molecule has 1 N–H and O–H groups in total. The molecule has 0 atom stereocenters. The van der Waals surface area contributed by atoms with Crippen LogP contribution in [0.25, 0.3) is 21.0 Å². The second-order valence-electron chi connectivity index (χ2n) is 6.11. The summed E-state index contributed by atoms with van der Waals surface area (Å²) in [5.41, 5.74) is 0.215. The first-order valence-electron chi connectivity index (χ1n) is 8.38. The van der Waals surface area contributed by atoms with E-state index in [1.807, 2.05) is 42.5 Å². The highest BCUT2D eigenvalue weighted by molar-refractivity contribution is 7.20. The van der Waals surface area contributed by atoms with Crippen molar-refractivity contribution in [1.82, 2.24) is 9.55 Å². The van der Waals surface area contributed by atoms with Crippen LogP contribution in [0.15, 0.2) is 53.6 Å². The maximum atomic E-state index is 12.7. The van der Waals surface area contributed by atoms with E-state index in [9.17, 15) is 14.7 Å². The van der Waals surface area contributed by atoms with Crippen LogP contribution in [0.1, 0.15) is 15.2 Å². The largest absolute Gasteiger partial charge is 0.491 e. The topological polar surface area (TPSA) is 81.4 Å². The van der Waals surface area contributed by atoms with Gasteiger partial charge in [0.15, 0.2) is 0 Å². The van der Waals surface area contributed by atoms with Gasteiger partial charge in [0.2, 0.25) is 0 Å². The van der Waals surface area contributed by atoms with Crippen LogP contribution in [0.3, 0.4) is 0 Å². The Morgan fingerprint density at radius 1 is 1.22 bits per heavy atom. The highest BCUT2D eigenvalue weighted by Gasteiger charge is 2.18. The average molecular weight is 380 g/mol. The average Bonchev–Trinajstić information content (AvgIpc) is 3.01. The summed E-state index contributed by atoms with van der Waals surface area (Å²) in [5, 5.41) is 11.7.